The zero-order chi connectivity index (χ0) is 10.6. The highest BCUT2D eigenvalue weighted by atomic mass is 14.6. The molecule has 1 nitrogen and oxygen atoms in total. The van der Waals surface area contributed by atoms with E-state index in [2.05, 4.69) is 25.1 Å². The summed E-state index contributed by atoms with van der Waals surface area (Å²) in [6, 6.07) is 6.78. The second kappa shape index (κ2) is 5.16. The lowest BCUT2D eigenvalue weighted by Gasteiger charge is -2.23. The van der Waals surface area contributed by atoms with Gasteiger partial charge in [0, 0.05) is 6.04 Å². The third-order valence-corrected chi connectivity index (χ3v) is 2.75. The fourth-order valence-electron chi connectivity index (χ4n) is 2.15. The molecule has 0 saturated carbocycles. The quantitative estimate of drug-likeness (QED) is 0.668. The maximum absolute atomic E-state index is 6.05. The lowest BCUT2D eigenvalue weighted by molar-refractivity contribution is 0.567. The van der Waals surface area contributed by atoms with Crippen LogP contribution >= 0.6 is 0 Å². The number of hydrogen-bond acceptors (Lipinski definition) is 1. The molecule has 2 rings (SSSR count). The number of fused-ring (bicyclic) bond motifs is 1. The van der Waals surface area contributed by atoms with Gasteiger partial charge in [-0.05, 0) is 42.9 Å². The van der Waals surface area contributed by atoms with E-state index in [9.17, 15) is 0 Å². The predicted octanol–water partition coefficient (Wildman–Crippen LogP) is 3.36. The third kappa shape index (κ3) is 2.16. The highest BCUT2D eigenvalue weighted by Crippen LogP contribution is 2.29. The fraction of sp³-hybridized carbons (Fsp3) is 0.538. The van der Waals surface area contributed by atoms with Crippen LogP contribution in [0.3, 0.4) is 0 Å². The first-order chi connectivity index (χ1) is 6.79. The molecule has 1 aliphatic rings. The fourth-order valence-corrected chi connectivity index (χ4v) is 2.15. The minimum Gasteiger partial charge on any atom is -0.324 e. The van der Waals surface area contributed by atoms with Crippen molar-refractivity contribution in [2.45, 2.75) is 46.1 Å². The zero-order valence-corrected chi connectivity index (χ0v) is 9.51. The minimum atomic E-state index is 0.287. The SMILES string of the molecule is CC.Cc1cccc2c1[C@H](N)CCC2. The molecular weight excluding hydrogens is 170 g/mol. The van der Waals surface area contributed by atoms with Crippen LogP contribution in [-0.4, -0.2) is 0 Å². The summed E-state index contributed by atoms with van der Waals surface area (Å²) >= 11 is 0. The first-order valence-electron chi connectivity index (χ1n) is 5.63. The molecule has 0 amide bonds. The zero-order valence-electron chi connectivity index (χ0n) is 9.51. The van der Waals surface area contributed by atoms with E-state index >= 15 is 0 Å². The van der Waals surface area contributed by atoms with Crippen molar-refractivity contribution in [1.82, 2.24) is 0 Å². The first-order valence-corrected chi connectivity index (χ1v) is 5.63. The molecule has 14 heavy (non-hydrogen) atoms. The van der Waals surface area contributed by atoms with Gasteiger partial charge in [0.15, 0.2) is 0 Å². The predicted molar refractivity (Wildman–Crippen MR) is 62.4 cm³/mol. The maximum atomic E-state index is 6.05. The Balaban J connectivity index is 0.000000461. The van der Waals surface area contributed by atoms with Gasteiger partial charge in [-0.25, -0.2) is 0 Å². The van der Waals surface area contributed by atoms with Crippen molar-refractivity contribution in [2.24, 2.45) is 5.73 Å². The molecule has 0 aliphatic heterocycles. The van der Waals surface area contributed by atoms with Crippen LogP contribution in [0.5, 0.6) is 0 Å². The monoisotopic (exact) mass is 191 g/mol. The molecule has 0 unspecified atom stereocenters. The number of aryl methyl sites for hydroxylation is 2. The molecule has 0 heterocycles. The Morgan fingerprint density at radius 1 is 1.29 bits per heavy atom. The van der Waals surface area contributed by atoms with Gasteiger partial charge in [0.2, 0.25) is 0 Å². The summed E-state index contributed by atoms with van der Waals surface area (Å²) < 4.78 is 0. The van der Waals surface area contributed by atoms with E-state index in [1.165, 1.54) is 29.5 Å². The van der Waals surface area contributed by atoms with Gasteiger partial charge in [0.25, 0.3) is 0 Å². The standard InChI is InChI=1S/C11H15N.C2H6/c1-8-4-2-5-9-6-3-7-10(12)11(8)9;1-2/h2,4-5,10H,3,6-7,12H2,1H3;1-2H3/t10-;/m1./s1. The van der Waals surface area contributed by atoms with E-state index < -0.39 is 0 Å². The molecule has 0 bridgehead atoms. The highest BCUT2D eigenvalue weighted by Gasteiger charge is 2.17. The van der Waals surface area contributed by atoms with Crippen molar-refractivity contribution in [1.29, 1.82) is 0 Å². The van der Waals surface area contributed by atoms with E-state index in [0.29, 0.717) is 0 Å². The van der Waals surface area contributed by atoms with Crippen LogP contribution in [0.2, 0.25) is 0 Å². The number of benzene rings is 1. The van der Waals surface area contributed by atoms with Gasteiger partial charge in [-0.15, -0.1) is 0 Å². The summed E-state index contributed by atoms with van der Waals surface area (Å²) in [6.07, 6.45) is 3.61. The Kier molecular flexibility index (Phi) is 4.15. The molecule has 0 aromatic heterocycles. The number of nitrogens with two attached hydrogens (primary N) is 1. The maximum Gasteiger partial charge on any atom is 0.0300 e. The van der Waals surface area contributed by atoms with Gasteiger partial charge in [-0.3, -0.25) is 0 Å². The van der Waals surface area contributed by atoms with Gasteiger partial charge < -0.3 is 5.73 Å². The average molecular weight is 191 g/mol. The first kappa shape index (κ1) is 11.3. The van der Waals surface area contributed by atoms with Crippen molar-refractivity contribution >= 4 is 0 Å². The minimum absolute atomic E-state index is 0.287. The topological polar surface area (TPSA) is 26.0 Å². The Morgan fingerprint density at radius 3 is 2.64 bits per heavy atom. The van der Waals surface area contributed by atoms with E-state index in [4.69, 9.17) is 5.73 Å². The van der Waals surface area contributed by atoms with E-state index in [1.807, 2.05) is 13.8 Å². The van der Waals surface area contributed by atoms with Crippen LogP contribution in [-0.2, 0) is 6.42 Å². The van der Waals surface area contributed by atoms with E-state index in [0.717, 1.165) is 6.42 Å². The second-order valence-electron chi connectivity index (χ2n) is 3.65. The van der Waals surface area contributed by atoms with Crippen LogP contribution in [0.25, 0.3) is 0 Å². The largest absolute Gasteiger partial charge is 0.324 e. The van der Waals surface area contributed by atoms with Gasteiger partial charge in [0.05, 0.1) is 0 Å². The van der Waals surface area contributed by atoms with Gasteiger partial charge in [-0.1, -0.05) is 32.0 Å². The smallest absolute Gasteiger partial charge is 0.0300 e. The molecule has 2 N–H and O–H groups in total. The van der Waals surface area contributed by atoms with Crippen molar-refractivity contribution < 1.29 is 0 Å². The Morgan fingerprint density at radius 2 is 2.00 bits per heavy atom. The Hall–Kier alpha value is -0.820. The van der Waals surface area contributed by atoms with Crippen LogP contribution in [0.4, 0.5) is 0 Å². The normalized spacial score (nSPS) is 19.3. The molecule has 0 saturated heterocycles. The third-order valence-electron chi connectivity index (χ3n) is 2.75. The van der Waals surface area contributed by atoms with Crippen LogP contribution in [0.1, 0.15) is 49.4 Å². The Bertz CT molecular complexity index is 291. The summed E-state index contributed by atoms with van der Waals surface area (Å²) in [5.74, 6) is 0. The molecule has 1 atom stereocenters. The van der Waals surface area contributed by atoms with Crippen molar-refractivity contribution in [3.63, 3.8) is 0 Å². The molecule has 0 spiro atoms. The highest BCUT2D eigenvalue weighted by molar-refractivity contribution is 5.38. The van der Waals surface area contributed by atoms with Gasteiger partial charge in [-0.2, -0.15) is 0 Å². The summed E-state index contributed by atoms with van der Waals surface area (Å²) in [5.41, 5.74) is 10.3. The van der Waals surface area contributed by atoms with Gasteiger partial charge in [0.1, 0.15) is 0 Å². The van der Waals surface area contributed by atoms with Crippen LogP contribution < -0.4 is 5.73 Å². The molecule has 1 aliphatic carbocycles. The molecule has 1 heteroatoms. The average Bonchev–Trinajstić information content (AvgIpc) is 2.21. The molecule has 1 aromatic carbocycles. The molecule has 78 valence electrons. The molecule has 0 fully saturated rings. The van der Waals surface area contributed by atoms with Gasteiger partial charge >= 0.3 is 0 Å². The summed E-state index contributed by atoms with van der Waals surface area (Å²) in [5, 5.41) is 0. The lowest BCUT2D eigenvalue weighted by atomic mass is 9.85. The number of hydrogen-bond donors (Lipinski definition) is 1. The second-order valence-corrected chi connectivity index (χ2v) is 3.65. The molecular formula is C13H21N. The summed E-state index contributed by atoms with van der Waals surface area (Å²) in [7, 11) is 0. The van der Waals surface area contributed by atoms with Crippen LogP contribution in [0, 0.1) is 6.92 Å². The summed E-state index contributed by atoms with van der Waals surface area (Å²) in [4.78, 5) is 0. The van der Waals surface area contributed by atoms with E-state index in [-0.39, 0.29) is 6.04 Å². The van der Waals surface area contributed by atoms with Crippen LogP contribution in [0.15, 0.2) is 18.2 Å². The lowest BCUT2D eigenvalue weighted by Crippen LogP contribution is -2.18. The van der Waals surface area contributed by atoms with Crippen molar-refractivity contribution in [2.75, 3.05) is 0 Å². The summed E-state index contributed by atoms with van der Waals surface area (Å²) in [6.45, 7) is 6.16. The molecule has 1 aromatic rings. The van der Waals surface area contributed by atoms with E-state index in [1.54, 1.807) is 0 Å². The molecule has 0 radical (unpaired) electrons. The van der Waals surface area contributed by atoms with Crippen molar-refractivity contribution in [3.05, 3.63) is 34.9 Å². The number of rotatable bonds is 0. The Labute approximate surface area is 87.3 Å². The van der Waals surface area contributed by atoms with Crippen molar-refractivity contribution in [3.8, 4) is 0 Å².